The van der Waals surface area contributed by atoms with Crippen LogP contribution in [0.4, 0.5) is 0 Å². The van der Waals surface area contributed by atoms with Crippen molar-refractivity contribution in [3.8, 4) is 5.75 Å². The van der Waals surface area contributed by atoms with E-state index in [-0.39, 0.29) is 10.2 Å². The Morgan fingerprint density at radius 3 is 2.58 bits per heavy atom. The number of hydrogen-bond acceptors (Lipinski definition) is 5. The molecule has 1 aliphatic rings. The van der Waals surface area contributed by atoms with Crippen LogP contribution in [0.25, 0.3) is 6.08 Å². The molecule has 1 aliphatic heterocycles. The number of carbonyl (C=O) groups excluding carboxylic acids is 2. The molecule has 0 unspecified atom stereocenters. The van der Waals surface area contributed by atoms with E-state index in [9.17, 15) is 9.59 Å². The molecular weight excluding hydrogens is 476 g/mol. The number of halogens is 1. The summed E-state index contributed by atoms with van der Waals surface area (Å²) in [5.74, 6) is -0.0206. The van der Waals surface area contributed by atoms with Gasteiger partial charge < -0.3 is 4.74 Å². The largest absolute Gasteiger partial charge is 0.494 e. The summed E-state index contributed by atoms with van der Waals surface area (Å²) >= 11 is 12.4. The van der Waals surface area contributed by atoms with E-state index in [1.54, 1.807) is 24.3 Å². The predicted molar refractivity (Wildman–Crippen MR) is 139 cm³/mol. The lowest BCUT2D eigenvalue weighted by molar-refractivity contribution is -0.123. The van der Waals surface area contributed by atoms with Gasteiger partial charge in [0.05, 0.1) is 11.5 Å². The minimum Gasteiger partial charge on any atom is -0.494 e. The molecule has 2 aromatic rings. The van der Waals surface area contributed by atoms with Gasteiger partial charge >= 0.3 is 0 Å². The standard InChI is InChI=1S/C25H27ClN2O3S2/c1-2-3-4-5-6-7-15-31-21-13-11-18(12-14-21)16-22-24(30)28(25(32)33-22)27-23(29)19-9-8-10-20(26)17-19/h8-14,16-17H,2-7,15H2,1H3,(H,27,29). The molecule has 0 atom stereocenters. The van der Waals surface area contributed by atoms with Crippen LogP contribution < -0.4 is 10.2 Å². The summed E-state index contributed by atoms with van der Waals surface area (Å²) < 4.78 is 6.07. The van der Waals surface area contributed by atoms with Gasteiger partial charge in [0, 0.05) is 10.6 Å². The van der Waals surface area contributed by atoms with Crippen molar-refractivity contribution in [3.63, 3.8) is 0 Å². The molecule has 33 heavy (non-hydrogen) atoms. The van der Waals surface area contributed by atoms with Crippen LogP contribution in [0.1, 0.15) is 61.4 Å². The maximum absolute atomic E-state index is 12.8. The van der Waals surface area contributed by atoms with Crippen LogP contribution in [0.15, 0.2) is 53.4 Å². The summed E-state index contributed by atoms with van der Waals surface area (Å²) in [6.45, 7) is 2.92. The number of rotatable bonds is 11. The van der Waals surface area contributed by atoms with Crippen molar-refractivity contribution >= 4 is 57.8 Å². The van der Waals surface area contributed by atoms with Crippen LogP contribution in [-0.2, 0) is 4.79 Å². The van der Waals surface area contributed by atoms with Gasteiger partial charge in [-0.15, -0.1) is 0 Å². The molecule has 2 aromatic carbocycles. The van der Waals surface area contributed by atoms with Gasteiger partial charge in [0.2, 0.25) is 0 Å². The Morgan fingerprint density at radius 1 is 1.12 bits per heavy atom. The number of hydrogen-bond donors (Lipinski definition) is 1. The fourth-order valence-corrected chi connectivity index (χ4v) is 4.61. The fraction of sp³-hybridized carbons (Fsp3) is 0.320. The van der Waals surface area contributed by atoms with Gasteiger partial charge in [0.15, 0.2) is 4.32 Å². The highest BCUT2D eigenvalue weighted by Gasteiger charge is 2.33. The van der Waals surface area contributed by atoms with Crippen molar-refractivity contribution in [2.45, 2.75) is 45.4 Å². The zero-order chi connectivity index (χ0) is 23.6. The van der Waals surface area contributed by atoms with Gasteiger partial charge in [-0.05, 0) is 60.6 Å². The number of benzene rings is 2. The molecule has 0 saturated carbocycles. The van der Waals surface area contributed by atoms with Crippen LogP contribution >= 0.6 is 35.6 Å². The number of thioether (sulfide) groups is 1. The van der Waals surface area contributed by atoms with Crippen molar-refractivity contribution in [2.75, 3.05) is 6.61 Å². The monoisotopic (exact) mass is 502 g/mol. The molecule has 8 heteroatoms. The Bertz CT molecular complexity index is 1020. The number of thiocarbonyl (C=S) groups is 1. The van der Waals surface area contributed by atoms with E-state index in [4.69, 9.17) is 28.6 Å². The number of hydrazine groups is 1. The fourth-order valence-electron chi connectivity index (χ4n) is 3.24. The molecule has 1 N–H and O–H groups in total. The second-order valence-electron chi connectivity index (χ2n) is 7.65. The summed E-state index contributed by atoms with van der Waals surface area (Å²) in [6, 6.07) is 14.1. The lowest BCUT2D eigenvalue weighted by Gasteiger charge is -2.15. The number of carbonyl (C=O) groups is 2. The molecule has 174 valence electrons. The number of nitrogens with one attached hydrogen (secondary N) is 1. The molecule has 5 nitrogen and oxygen atoms in total. The van der Waals surface area contributed by atoms with E-state index in [0.717, 1.165) is 34.5 Å². The first-order valence-electron chi connectivity index (χ1n) is 11.1. The lowest BCUT2D eigenvalue weighted by Crippen LogP contribution is -2.44. The van der Waals surface area contributed by atoms with E-state index < -0.39 is 5.91 Å². The predicted octanol–water partition coefficient (Wildman–Crippen LogP) is 6.63. The van der Waals surface area contributed by atoms with Gasteiger partial charge in [0.25, 0.3) is 11.8 Å². The minimum atomic E-state index is -0.457. The van der Waals surface area contributed by atoms with Crippen molar-refractivity contribution in [2.24, 2.45) is 0 Å². The third-order valence-electron chi connectivity index (χ3n) is 5.04. The Hall–Kier alpha value is -2.35. The summed E-state index contributed by atoms with van der Waals surface area (Å²) in [4.78, 5) is 25.7. The van der Waals surface area contributed by atoms with Crippen LogP contribution in [0.3, 0.4) is 0 Å². The average Bonchev–Trinajstić information content (AvgIpc) is 3.06. The highest BCUT2D eigenvalue weighted by molar-refractivity contribution is 8.26. The maximum atomic E-state index is 12.8. The molecule has 3 rings (SSSR count). The molecule has 1 heterocycles. The summed E-state index contributed by atoms with van der Waals surface area (Å²) in [5.41, 5.74) is 3.75. The third kappa shape index (κ3) is 7.59. The first kappa shape index (κ1) is 25.3. The molecule has 0 radical (unpaired) electrons. The van der Waals surface area contributed by atoms with Gasteiger partial charge in [0.1, 0.15) is 5.75 Å². The van der Waals surface area contributed by atoms with Crippen LogP contribution in [-0.4, -0.2) is 27.8 Å². The second-order valence-corrected chi connectivity index (χ2v) is 9.77. The molecular formula is C25H27ClN2O3S2. The Kier molecular flexibility index (Phi) is 9.78. The highest BCUT2D eigenvalue weighted by Crippen LogP contribution is 2.31. The molecule has 0 aliphatic carbocycles. The molecule has 2 amide bonds. The Morgan fingerprint density at radius 2 is 1.85 bits per heavy atom. The lowest BCUT2D eigenvalue weighted by atomic mass is 10.1. The molecule has 1 saturated heterocycles. The van der Waals surface area contributed by atoms with E-state index in [1.807, 2.05) is 24.3 Å². The Labute approximate surface area is 209 Å². The second kappa shape index (κ2) is 12.8. The highest BCUT2D eigenvalue weighted by atomic mass is 35.5. The summed E-state index contributed by atoms with van der Waals surface area (Å²) in [6.07, 6.45) is 9.10. The molecule has 0 aromatic heterocycles. The first-order chi connectivity index (χ1) is 16.0. The van der Waals surface area contributed by atoms with Crippen LogP contribution in [0.5, 0.6) is 5.75 Å². The number of ether oxygens (including phenoxy) is 1. The van der Waals surface area contributed by atoms with Crippen molar-refractivity contribution in [1.82, 2.24) is 10.4 Å². The van der Waals surface area contributed by atoms with E-state index in [1.165, 1.54) is 38.2 Å². The van der Waals surface area contributed by atoms with Gasteiger partial charge in [-0.2, -0.15) is 5.01 Å². The normalized spacial score (nSPS) is 14.7. The summed E-state index contributed by atoms with van der Waals surface area (Å²) in [5, 5.41) is 1.53. The van der Waals surface area contributed by atoms with Gasteiger partial charge in [-0.25, -0.2) is 0 Å². The van der Waals surface area contributed by atoms with Crippen LogP contribution in [0, 0.1) is 0 Å². The number of amides is 2. The van der Waals surface area contributed by atoms with Crippen molar-refractivity contribution in [1.29, 1.82) is 0 Å². The zero-order valence-corrected chi connectivity index (χ0v) is 20.9. The van der Waals surface area contributed by atoms with Crippen molar-refractivity contribution in [3.05, 3.63) is 69.6 Å². The van der Waals surface area contributed by atoms with E-state index in [2.05, 4.69) is 12.3 Å². The average molecular weight is 503 g/mol. The number of unbranched alkanes of at least 4 members (excludes halogenated alkanes) is 5. The third-order valence-corrected chi connectivity index (χ3v) is 6.58. The Balaban J connectivity index is 1.53. The SMILES string of the molecule is CCCCCCCCOc1ccc(C=C2SC(=S)N(NC(=O)c3cccc(Cl)c3)C2=O)cc1. The van der Waals surface area contributed by atoms with Crippen LogP contribution in [0.2, 0.25) is 5.02 Å². The maximum Gasteiger partial charge on any atom is 0.285 e. The number of nitrogens with zero attached hydrogens (tertiary/aromatic N) is 1. The quantitative estimate of drug-likeness (QED) is 0.212. The zero-order valence-electron chi connectivity index (χ0n) is 18.5. The van der Waals surface area contributed by atoms with E-state index >= 15 is 0 Å². The van der Waals surface area contributed by atoms with Gasteiger partial charge in [-0.1, -0.05) is 80.6 Å². The molecule has 0 bridgehead atoms. The summed E-state index contributed by atoms with van der Waals surface area (Å²) in [7, 11) is 0. The van der Waals surface area contributed by atoms with Gasteiger partial charge in [-0.3, -0.25) is 15.0 Å². The van der Waals surface area contributed by atoms with E-state index in [0.29, 0.717) is 22.1 Å². The van der Waals surface area contributed by atoms with Crippen molar-refractivity contribution < 1.29 is 14.3 Å². The smallest absolute Gasteiger partial charge is 0.285 e. The first-order valence-corrected chi connectivity index (χ1v) is 12.7. The minimum absolute atomic E-state index is 0.264. The topological polar surface area (TPSA) is 58.6 Å². The molecule has 1 fully saturated rings. The molecule has 0 spiro atoms.